The molecule has 0 aliphatic rings. The Morgan fingerprint density at radius 1 is 1.14 bits per heavy atom. The van der Waals surface area contributed by atoms with Crippen LogP contribution in [0.2, 0.25) is 0 Å². The van der Waals surface area contributed by atoms with Crippen molar-refractivity contribution in [2.45, 2.75) is 20.5 Å². The highest BCUT2D eigenvalue weighted by Crippen LogP contribution is 2.30. The number of hydrogen-bond acceptors (Lipinski definition) is 4. The van der Waals surface area contributed by atoms with Crippen LogP contribution in [0.15, 0.2) is 28.9 Å². The molecule has 0 saturated heterocycles. The fraction of sp³-hybridized carbons (Fsp3) is 0.312. The number of benzene rings is 1. The molecule has 0 unspecified atom stereocenters. The number of nitrogens with zero attached hydrogens (tertiary/aromatic N) is 1. The average Bonchev–Trinajstić information content (AvgIpc) is 2.48. The van der Waals surface area contributed by atoms with Gasteiger partial charge in [0.1, 0.15) is 23.9 Å². The summed E-state index contributed by atoms with van der Waals surface area (Å²) in [6, 6.07) is 5.59. The average molecular weight is 352 g/mol. The minimum Gasteiger partial charge on any atom is -0.497 e. The molecule has 2 aromatic rings. The summed E-state index contributed by atoms with van der Waals surface area (Å²) >= 11 is 3.47. The highest BCUT2D eigenvalue weighted by Gasteiger charge is 2.11. The van der Waals surface area contributed by atoms with E-state index in [4.69, 9.17) is 14.2 Å². The normalized spacial score (nSPS) is 10.3. The van der Waals surface area contributed by atoms with Gasteiger partial charge in [0.15, 0.2) is 0 Å². The second kappa shape index (κ2) is 6.80. The maximum Gasteiger partial charge on any atom is 0.134 e. The van der Waals surface area contributed by atoms with E-state index >= 15 is 0 Å². The van der Waals surface area contributed by atoms with Gasteiger partial charge in [0.25, 0.3) is 0 Å². The molecule has 2 rings (SSSR count). The summed E-state index contributed by atoms with van der Waals surface area (Å²) in [5, 5.41) is 0. The summed E-state index contributed by atoms with van der Waals surface area (Å²) in [5.41, 5.74) is 2.88. The van der Waals surface area contributed by atoms with Gasteiger partial charge >= 0.3 is 0 Å². The van der Waals surface area contributed by atoms with Gasteiger partial charge in [-0.15, -0.1) is 0 Å². The summed E-state index contributed by atoms with van der Waals surface area (Å²) in [4.78, 5) is 4.42. The van der Waals surface area contributed by atoms with Crippen molar-refractivity contribution in [2.75, 3.05) is 14.2 Å². The summed E-state index contributed by atoms with van der Waals surface area (Å²) in [6.07, 6.45) is 1.80. The minimum absolute atomic E-state index is 0.382. The van der Waals surface area contributed by atoms with Crippen molar-refractivity contribution in [3.8, 4) is 17.2 Å². The lowest BCUT2D eigenvalue weighted by molar-refractivity contribution is 0.296. The Bertz CT molecular complexity index is 644. The lowest BCUT2D eigenvalue weighted by atomic mass is 10.1. The van der Waals surface area contributed by atoms with E-state index in [0.717, 1.165) is 38.5 Å². The van der Waals surface area contributed by atoms with E-state index < -0.39 is 0 Å². The van der Waals surface area contributed by atoms with Gasteiger partial charge in [-0.05, 0) is 48.0 Å². The van der Waals surface area contributed by atoms with Crippen molar-refractivity contribution < 1.29 is 14.2 Å². The van der Waals surface area contributed by atoms with Crippen LogP contribution >= 0.6 is 15.9 Å². The molecule has 0 aliphatic carbocycles. The van der Waals surface area contributed by atoms with Gasteiger partial charge in [0.05, 0.1) is 24.4 Å². The fourth-order valence-electron chi connectivity index (χ4n) is 2.09. The maximum atomic E-state index is 5.82. The van der Waals surface area contributed by atoms with Crippen molar-refractivity contribution in [2.24, 2.45) is 0 Å². The molecule has 0 amide bonds. The van der Waals surface area contributed by atoms with E-state index in [1.807, 2.05) is 32.0 Å². The number of aryl methyl sites for hydroxylation is 1. The number of hydrogen-bond donors (Lipinski definition) is 0. The third-order valence-corrected chi connectivity index (χ3v) is 3.87. The van der Waals surface area contributed by atoms with Crippen molar-refractivity contribution in [3.05, 3.63) is 45.7 Å². The van der Waals surface area contributed by atoms with Crippen molar-refractivity contribution in [1.82, 2.24) is 4.98 Å². The Hall–Kier alpha value is -1.75. The number of rotatable bonds is 5. The molecule has 0 spiro atoms. The molecule has 0 atom stereocenters. The summed E-state index contributed by atoms with van der Waals surface area (Å²) in [5.74, 6) is 2.38. The molecule has 0 saturated carbocycles. The zero-order valence-corrected chi connectivity index (χ0v) is 14.2. The van der Waals surface area contributed by atoms with Crippen LogP contribution in [0.3, 0.4) is 0 Å². The molecule has 5 heteroatoms. The van der Waals surface area contributed by atoms with Gasteiger partial charge in [-0.1, -0.05) is 0 Å². The summed E-state index contributed by atoms with van der Waals surface area (Å²) in [6.45, 7) is 4.34. The summed E-state index contributed by atoms with van der Waals surface area (Å²) < 4.78 is 17.2. The lowest BCUT2D eigenvalue weighted by Crippen LogP contribution is -2.04. The molecule has 0 fully saturated rings. The molecule has 112 valence electrons. The number of pyridine rings is 1. The smallest absolute Gasteiger partial charge is 0.134 e. The van der Waals surface area contributed by atoms with E-state index in [2.05, 4.69) is 20.9 Å². The van der Waals surface area contributed by atoms with Crippen LogP contribution in [0.4, 0.5) is 0 Å². The zero-order chi connectivity index (χ0) is 15.4. The molecule has 0 bridgehead atoms. The first-order chi connectivity index (χ1) is 10.1. The third kappa shape index (κ3) is 3.47. The molecule has 0 radical (unpaired) electrons. The molecular weight excluding hydrogens is 334 g/mol. The fourth-order valence-corrected chi connectivity index (χ4v) is 2.56. The van der Waals surface area contributed by atoms with Crippen LogP contribution in [-0.4, -0.2) is 19.2 Å². The van der Waals surface area contributed by atoms with E-state index in [1.165, 1.54) is 0 Å². The Kier molecular flexibility index (Phi) is 5.07. The van der Waals surface area contributed by atoms with Crippen LogP contribution in [0, 0.1) is 13.8 Å². The van der Waals surface area contributed by atoms with E-state index in [1.54, 1.807) is 20.4 Å². The highest BCUT2D eigenvalue weighted by atomic mass is 79.9. The Morgan fingerprint density at radius 2 is 1.90 bits per heavy atom. The summed E-state index contributed by atoms with van der Waals surface area (Å²) in [7, 11) is 3.30. The van der Waals surface area contributed by atoms with Crippen LogP contribution in [-0.2, 0) is 6.61 Å². The maximum absolute atomic E-state index is 5.82. The molecule has 21 heavy (non-hydrogen) atoms. The van der Waals surface area contributed by atoms with Gasteiger partial charge in [-0.3, -0.25) is 4.98 Å². The van der Waals surface area contributed by atoms with Gasteiger partial charge in [0, 0.05) is 17.3 Å². The van der Waals surface area contributed by atoms with Gasteiger partial charge < -0.3 is 14.2 Å². The van der Waals surface area contributed by atoms with Crippen LogP contribution < -0.4 is 14.2 Å². The van der Waals surface area contributed by atoms with E-state index in [9.17, 15) is 0 Å². The van der Waals surface area contributed by atoms with Crippen LogP contribution in [0.1, 0.15) is 16.8 Å². The Labute approximate surface area is 133 Å². The number of ether oxygens (including phenoxy) is 3. The van der Waals surface area contributed by atoms with E-state index in [-0.39, 0.29) is 0 Å². The second-order valence-electron chi connectivity index (χ2n) is 4.63. The molecule has 4 nitrogen and oxygen atoms in total. The molecular formula is C16H18BrNO3. The molecule has 0 N–H and O–H groups in total. The lowest BCUT2D eigenvalue weighted by Gasteiger charge is -2.14. The van der Waals surface area contributed by atoms with Gasteiger partial charge in [0.2, 0.25) is 0 Å². The largest absolute Gasteiger partial charge is 0.497 e. The Morgan fingerprint density at radius 3 is 2.52 bits per heavy atom. The SMILES string of the molecule is COc1ccc(OCc2ncc(C)c(OC)c2C)c(Br)c1. The number of halogens is 1. The number of methoxy groups -OCH3 is 2. The molecule has 1 aromatic carbocycles. The quantitative estimate of drug-likeness (QED) is 0.814. The van der Waals surface area contributed by atoms with Crippen LogP contribution in [0.25, 0.3) is 0 Å². The highest BCUT2D eigenvalue weighted by molar-refractivity contribution is 9.10. The second-order valence-corrected chi connectivity index (χ2v) is 5.49. The minimum atomic E-state index is 0.382. The topological polar surface area (TPSA) is 40.6 Å². The van der Waals surface area contributed by atoms with Gasteiger partial charge in [-0.25, -0.2) is 0 Å². The van der Waals surface area contributed by atoms with Crippen LogP contribution in [0.5, 0.6) is 17.2 Å². The first-order valence-corrected chi connectivity index (χ1v) is 7.31. The standard InChI is InChI=1S/C16H18BrNO3/c1-10-8-18-14(11(2)16(10)20-4)9-21-15-6-5-12(19-3)7-13(15)17/h5-8H,9H2,1-4H3. The van der Waals surface area contributed by atoms with Crippen molar-refractivity contribution in [3.63, 3.8) is 0 Å². The van der Waals surface area contributed by atoms with Crippen molar-refractivity contribution in [1.29, 1.82) is 0 Å². The first kappa shape index (κ1) is 15.6. The predicted octanol–water partition coefficient (Wildman–Crippen LogP) is 4.06. The predicted molar refractivity (Wildman–Crippen MR) is 85.3 cm³/mol. The third-order valence-electron chi connectivity index (χ3n) is 3.25. The zero-order valence-electron chi connectivity index (χ0n) is 12.6. The Balaban J connectivity index is 2.17. The molecule has 1 aromatic heterocycles. The number of aromatic nitrogens is 1. The van der Waals surface area contributed by atoms with Crippen molar-refractivity contribution >= 4 is 15.9 Å². The molecule has 1 heterocycles. The van der Waals surface area contributed by atoms with E-state index in [0.29, 0.717) is 6.61 Å². The molecule has 0 aliphatic heterocycles. The monoisotopic (exact) mass is 351 g/mol. The van der Waals surface area contributed by atoms with Gasteiger partial charge in [-0.2, -0.15) is 0 Å². The first-order valence-electron chi connectivity index (χ1n) is 6.52.